The van der Waals surface area contributed by atoms with E-state index in [-0.39, 0.29) is 17.9 Å². The molecule has 0 radical (unpaired) electrons. The maximum atomic E-state index is 13.2. The van der Waals surface area contributed by atoms with E-state index in [0.717, 1.165) is 17.1 Å². The van der Waals surface area contributed by atoms with E-state index < -0.39 is 0 Å². The van der Waals surface area contributed by atoms with Gasteiger partial charge in [-0.1, -0.05) is 30.3 Å². The van der Waals surface area contributed by atoms with Crippen molar-refractivity contribution in [3.63, 3.8) is 0 Å². The number of carbonyl (C=O) groups is 1. The summed E-state index contributed by atoms with van der Waals surface area (Å²) in [7, 11) is 0. The summed E-state index contributed by atoms with van der Waals surface area (Å²) in [5.74, 6) is 2.99. The van der Waals surface area contributed by atoms with E-state index in [1.807, 2.05) is 56.3 Å². The van der Waals surface area contributed by atoms with Crippen LogP contribution in [0.2, 0.25) is 0 Å². The van der Waals surface area contributed by atoms with Crippen LogP contribution in [0.25, 0.3) is 11.3 Å². The monoisotopic (exact) mass is 350 g/mol. The summed E-state index contributed by atoms with van der Waals surface area (Å²) in [5.41, 5.74) is 7.78. The molecule has 134 valence electrons. The van der Waals surface area contributed by atoms with Crippen LogP contribution in [0.3, 0.4) is 0 Å². The first-order valence-corrected chi connectivity index (χ1v) is 8.80. The Morgan fingerprint density at radius 1 is 1.04 bits per heavy atom. The van der Waals surface area contributed by atoms with Crippen LogP contribution in [0, 0.1) is 13.8 Å². The first-order chi connectivity index (χ1) is 12.5. The molecule has 0 spiro atoms. The molecule has 0 bridgehead atoms. The summed E-state index contributed by atoms with van der Waals surface area (Å²) in [5, 5.41) is 0. The number of benzene rings is 1. The maximum absolute atomic E-state index is 13.2. The van der Waals surface area contributed by atoms with E-state index in [4.69, 9.17) is 14.6 Å². The molecule has 2 aromatic heterocycles. The number of likely N-dealkylation sites (tertiary alicyclic amines) is 1. The number of nitrogens with two attached hydrogens (primary N) is 1. The molecule has 1 amide bonds. The first-order valence-electron chi connectivity index (χ1n) is 8.80. The Kier molecular flexibility index (Phi) is 4.17. The average molecular weight is 350 g/mol. The second-order valence-corrected chi connectivity index (χ2v) is 6.89. The Bertz CT molecular complexity index is 926. The van der Waals surface area contributed by atoms with Gasteiger partial charge < -0.3 is 19.5 Å². The van der Waals surface area contributed by atoms with Crippen LogP contribution in [0.1, 0.15) is 33.6 Å². The van der Waals surface area contributed by atoms with Crippen LogP contribution in [0.4, 0.5) is 0 Å². The minimum absolute atomic E-state index is 0.0147. The van der Waals surface area contributed by atoms with Crippen molar-refractivity contribution in [2.24, 2.45) is 5.73 Å². The molecule has 3 aromatic rings. The number of carbonyl (C=O) groups excluding carboxylic acids is 1. The molecule has 26 heavy (non-hydrogen) atoms. The number of rotatable bonds is 3. The summed E-state index contributed by atoms with van der Waals surface area (Å²) in [6, 6.07) is 15.2. The number of aryl methyl sites for hydroxylation is 2. The third-order valence-electron chi connectivity index (χ3n) is 4.90. The van der Waals surface area contributed by atoms with Crippen molar-refractivity contribution in [1.29, 1.82) is 0 Å². The molecule has 5 nitrogen and oxygen atoms in total. The van der Waals surface area contributed by atoms with Gasteiger partial charge in [0.1, 0.15) is 23.0 Å². The Labute approximate surface area is 152 Å². The minimum atomic E-state index is -0.141. The van der Waals surface area contributed by atoms with Crippen molar-refractivity contribution in [2.45, 2.75) is 25.8 Å². The molecule has 4 rings (SSSR count). The van der Waals surface area contributed by atoms with Crippen molar-refractivity contribution in [2.75, 3.05) is 13.1 Å². The topological polar surface area (TPSA) is 72.6 Å². The molecule has 1 aliphatic rings. The van der Waals surface area contributed by atoms with E-state index in [0.29, 0.717) is 30.2 Å². The lowest BCUT2D eigenvalue weighted by atomic mass is 10.0. The van der Waals surface area contributed by atoms with Gasteiger partial charge in [0, 0.05) is 24.7 Å². The zero-order valence-electron chi connectivity index (χ0n) is 14.9. The van der Waals surface area contributed by atoms with Gasteiger partial charge in [0.15, 0.2) is 0 Å². The minimum Gasteiger partial charge on any atom is -0.466 e. The highest BCUT2D eigenvalue weighted by Crippen LogP contribution is 2.32. The highest BCUT2D eigenvalue weighted by atomic mass is 16.3. The molecule has 5 heteroatoms. The van der Waals surface area contributed by atoms with Gasteiger partial charge in [-0.15, -0.1) is 0 Å². The average Bonchev–Trinajstić information content (AvgIpc) is 3.33. The lowest BCUT2D eigenvalue weighted by Gasteiger charge is -2.15. The van der Waals surface area contributed by atoms with Crippen molar-refractivity contribution in [3.05, 3.63) is 71.4 Å². The van der Waals surface area contributed by atoms with Crippen molar-refractivity contribution in [1.82, 2.24) is 4.90 Å². The zero-order chi connectivity index (χ0) is 18.3. The van der Waals surface area contributed by atoms with Gasteiger partial charge in [-0.3, -0.25) is 4.79 Å². The Balaban J connectivity index is 1.61. The Morgan fingerprint density at radius 2 is 1.81 bits per heavy atom. The van der Waals surface area contributed by atoms with E-state index in [9.17, 15) is 4.79 Å². The Hall–Kier alpha value is -2.79. The number of nitrogens with zero attached hydrogens (tertiary/aromatic N) is 1. The molecular weight excluding hydrogens is 328 g/mol. The second-order valence-electron chi connectivity index (χ2n) is 6.89. The quantitative estimate of drug-likeness (QED) is 0.781. The predicted molar refractivity (Wildman–Crippen MR) is 98.9 cm³/mol. The lowest BCUT2D eigenvalue weighted by Crippen LogP contribution is -2.32. The molecule has 2 atom stereocenters. The van der Waals surface area contributed by atoms with Gasteiger partial charge in [-0.2, -0.15) is 0 Å². The van der Waals surface area contributed by atoms with Crippen LogP contribution >= 0.6 is 0 Å². The first kappa shape index (κ1) is 16.7. The van der Waals surface area contributed by atoms with Crippen molar-refractivity contribution in [3.8, 4) is 11.3 Å². The second kappa shape index (κ2) is 6.50. The van der Waals surface area contributed by atoms with Gasteiger partial charge in [-0.25, -0.2) is 0 Å². The predicted octanol–water partition coefficient (Wildman–Crippen LogP) is 3.72. The van der Waals surface area contributed by atoms with Gasteiger partial charge >= 0.3 is 0 Å². The molecule has 0 aliphatic carbocycles. The number of hydrogen-bond acceptors (Lipinski definition) is 4. The Morgan fingerprint density at radius 3 is 2.50 bits per heavy atom. The van der Waals surface area contributed by atoms with Crippen LogP contribution in [-0.2, 0) is 0 Å². The van der Waals surface area contributed by atoms with Gasteiger partial charge in [-0.05, 0) is 32.0 Å². The molecule has 1 aromatic carbocycles. The standard InChI is InChI=1S/C21H22N2O3/c1-13-8-9-19(25-13)17-11-23(12-18(17)22)21(24)16-10-14(2)26-20(16)15-6-4-3-5-7-15/h3-10,17-18H,11-12,22H2,1-2H3/t17-,18-/m0/s1. The highest BCUT2D eigenvalue weighted by molar-refractivity contribution is 6.00. The van der Waals surface area contributed by atoms with Gasteiger partial charge in [0.2, 0.25) is 0 Å². The van der Waals surface area contributed by atoms with Crippen LogP contribution in [0.15, 0.2) is 57.4 Å². The number of hydrogen-bond donors (Lipinski definition) is 1. The third-order valence-corrected chi connectivity index (χ3v) is 4.90. The van der Waals surface area contributed by atoms with Gasteiger partial charge in [0.25, 0.3) is 5.91 Å². The van der Waals surface area contributed by atoms with Crippen molar-refractivity contribution < 1.29 is 13.6 Å². The summed E-state index contributed by atoms with van der Waals surface area (Å²) in [6.45, 7) is 4.81. The van der Waals surface area contributed by atoms with Crippen LogP contribution < -0.4 is 5.73 Å². The fraction of sp³-hybridized carbons (Fsp3) is 0.286. The summed E-state index contributed by atoms with van der Waals surface area (Å²) in [6.07, 6.45) is 0. The summed E-state index contributed by atoms with van der Waals surface area (Å²) >= 11 is 0. The SMILES string of the molecule is Cc1ccc([C@H]2CN(C(=O)c3cc(C)oc3-c3ccccc3)C[C@@H]2N)o1. The van der Waals surface area contributed by atoms with Crippen LogP contribution in [-0.4, -0.2) is 29.9 Å². The fourth-order valence-electron chi connectivity index (χ4n) is 3.60. The van der Waals surface area contributed by atoms with E-state index >= 15 is 0 Å². The highest BCUT2D eigenvalue weighted by Gasteiger charge is 2.37. The molecule has 0 saturated carbocycles. The zero-order valence-corrected chi connectivity index (χ0v) is 14.9. The molecule has 2 N–H and O–H groups in total. The van der Waals surface area contributed by atoms with E-state index in [1.165, 1.54) is 0 Å². The summed E-state index contributed by atoms with van der Waals surface area (Å²) < 4.78 is 11.6. The van der Waals surface area contributed by atoms with E-state index in [1.54, 1.807) is 11.0 Å². The molecule has 1 fully saturated rings. The molecule has 3 heterocycles. The normalized spacial score (nSPS) is 19.9. The van der Waals surface area contributed by atoms with Crippen molar-refractivity contribution >= 4 is 5.91 Å². The van der Waals surface area contributed by atoms with Gasteiger partial charge in [0.05, 0.1) is 11.5 Å². The molecular formula is C21H22N2O3. The summed E-state index contributed by atoms with van der Waals surface area (Å²) in [4.78, 5) is 15.0. The van der Waals surface area contributed by atoms with Crippen LogP contribution in [0.5, 0.6) is 0 Å². The lowest BCUT2D eigenvalue weighted by molar-refractivity contribution is 0.0789. The maximum Gasteiger partial charge on any atom is 0.257 e. The largest absolute Gasteiger partial charge is 0.466 e. The number of furan rings is 2. The fourth-order valence-corrected chi connectivity index (χ4v) is 3.60. The molecule has 1 aliphatic heterocycles. The smallest absolute Gasteiger partial charge is 0.257 e. The van der Waals surface area contributed by atoms with E-state index in [2.05, 4.69) is 0 Å². The molecule has 0 unspecified atom stereocenters. The molecule has 1 saturated heterocycles. The number of amides is 1. The third kappa shape index (κ3) is 2.95.